The quantitative estimate of drug-likeness (QED) is 0.643. The van der Waals surface area contributed by atoms with E-state index in [1.807, 2.05) is 25.1 Å². The van der Waals surface area contributed by atoms with Gasteiger partial charge in [-0.25, -0.2) is 0 Å². The Balaban J connectivity index is 2.54. The summed E-state index contributed by atoms with van der Waals surface area (Å²) in [4.78, 5) is 24.0. The van der Waals surface area contributed by atoms with Crippen molar-refractivity contribution in [3.05, 3.63) is 29.8 Å². The molecule has 0 aliphatic carbocycles. The fourth-order valence-electron chi connectivity index (χ4n) is 2.60. The fourth-order valence-corrected chi connectivity index (χ4v) is 2.60. The van der Waals surface area contributed by atoms with Crippen LogP contribution in [0.2, 0.25) is 0 Å². The summed E-state index contributed by atoms with van der Waals surface area (Å²) in [5.41, 5.74) is 1.66. The Morgan fingerprint density at radius 1 is 1.17 bits per heavy atom. The Morgan fingerprint density at radius 2 is 1.87 bits per heavy atom. The zero-order valence-electron chi connectivity index (χ0n) is 14.3. The van der Waals surface area contributed by atoms with Gasteiger partial charge in [0.1, 0.15) is 0 Å². The van der Waals surface area contributed by atoms with Crippen LogP contribution in [-0.2, 0) is 16.0 Å². The third-order valence-corrected chi connectivity index (χ3v) is 3.75. The first-order valence-electron chi connectivity index (χ1n) is 8.25. The highest BCUT2D eigenvalue weighted by atomic mass is 16.3. The number of rotatable bonds is 8. The number of para-hydroxylation sites is 1. The number of hydrogen-bond acceptors (Lipinski definition) is 3. The lowest BCUT2D eigenvalue weighted by Gasteiger charge is -2.18. The predicted octanol–water partition coefficient (Wildman–Crippen LogP) is 2.35. The van der Waals surface area contributed by atoms with E-state index in [9.17, 15) is 9.59 Å². The molecule has 0 aromatic heterocycles. The van der Waals surface area contributed by atoms with Crippen molar-refractivity contribution in [2.24, 2.45) is 11.8 Å². The zero-order chi connectivity index (χ0) is 17.2. The number of aliphatic hydroxyl groups is 1. The summed E-state index contributed by atoms with van der Waals surface area (Å²) in [5, 5.41) is 14.4. The second-order valence-corrected chi connectivity index (χ2v) is 6.18. The van der Waals surface area contributed by atoms with Gasteiger partial charge in [-0.15, -0.1) is 0 Å². The minimum absolute atomic E-state index is 0.0866. The first-order valence-corrected chi connectivity index (χ1v) is 8.25. The molecule has 0 fully saturated rings. The lowest BCUT2D eigenvalue weighted by Crippen LogP contribution is -2.38. The highest BCUT2D eigenvalue weighted by Gasteiger charge is 2.17. The van der Waals surface area contributed by atoms with E-state index in [0.717, 1.165) is 18.4 Å². The maximum absolute atomic E-state index is 12.0. The van der Waals surface area contributed by atoms with Gasteiger partial charge in [0.15, 0.2) is 0 Å². The van der Waals surface area contributed by atoms with E-state index in [-0.39, 0.29) is 12.5 Å². The van der Waals surface area contributed by atoms with Gasteiger partial charge < -0.3 is 15.7 Å². The summed E-state index contributed by atoms with van der Waals surface area (Å²) in [6, 6.07) is 7.44. The Hall–Kier alpha value is -1.88. The SMILES string of the molecule is CCc1ccccc1NC(=O)C(=O)NCC(CCO)CC(C)C. The number of amides is 2. The van der Waals surface area contributed by atoms with E-state index in [1.54, 1.807) is 6.07 Å². The van der Waals surface area contributed by atoms with Crippen LogP contribution in [0.5, 0.6) is 0 Å². The van der Waals surface area contributed by atoms with Crippen molar-refractivity contribution in [2.75, 3.05) is 18.5 Å². The number of nitrogens with one attached hydrogen (secondary N) is 2. The molecule has 1 rings (SSSR count). The van der Waals surface area contributed by atoms with Crippen LogP contribution in [0, 0.1) is 11.8 Å². The number of aryl methyl sites for hydroxylation is 1. The average molecular weight is 320 g/mol. The monoisotopic (exact) mass is 320 g/mol. The minimum Gasteiger partial charge on any atom is -0.396 e. The number of aliphatic hydroxyl groups excluding tert-OH is 1. The molecule has 0 saturated carbocycles. The number of carbonyl (C=O) groups is 2. The molecule has 0 saturated heterocycles. The molecule has 1 atom stereocenters. The van der Waals surface area contributed by atoms with E-state index in [4.69, 9.17) is 5.11 Å². The van der Waals surface area contributed by atoms with Crippen molar-refractivity contribution in [3.8, 4) is 0 Å². The molecule has 23 heavy (non-hydrogen) atoms. The minimum atomic E-state index is -0.654. The van der Waals surface area contributed by atoms with Crippen LogP contribution in [0.3, 0.4) is 0 Å². The summed E-state index contributed by atoms with van der Waals surface area (Å²) in [7, 11) is 0. The topological polar surface area (TPSA) is 78.4 Å². The summed E-state index contributed by atoms with van der Waals surface area (Å²) in [6.07, 6.45) is 2.31. The Bertz CT molecular complexity index is 515. The van der Waals surface area contributed by atoms with Gasteiger partial charge in [0.05, 0.1) is 0 Å². The largest absolute Gasteiger partial charge is 0.396 e. The first-order chi connectivity index (χ1) is 11.0. The fraction of sp³-hybridized carbons (Fsp3) is 0.556. The maximum atomic E-state index is 12.0. The van der Waals surface area contributed by atoms with Crippen LogP contribution in [0.15, 0.2) is 24.3 Å². The smallest absolute Gasteiger partial charge is 0.313 e. The number of benzene rings is 1. The molecular weight excluding hydrogens is 292 g/mol. The molecule has 0 spiro atoms. The third-order valence-electron chi connectivity index (χ3n) is 3.75. The average Bonchev–Trinajstić information content (AvgIpc) is 2.52. The molecule has 2 amide bonds. The Morgan fingerprint density at radius 3 is 2.48 bits per heavy atom. The molecule has 0 bridgehead atoms. The zero-order valence-corrected chi connectivity index (χ0v) is 14.3. The van der Waals surface area contributed by atoms with Gasteiger partial charge in [-0.3, -0.25) is 9.59 Å². The lowest BCUT2D eigenvalue weighted by atomic mass is 9.94. The molecule has 128 valence electrons. The Kier molecular flexibility index (Phi) is 8.33. The van der Waals surface area contributed by atoms with Gasteiger partial charge in [0.2, 0.25) is 0 Å². The highest BCUT2D eigenvalue weighted by molar-refractivity contribution is 6.39. The van der Waals surface area contributed by atoms with E-state index < -0.39 is 11.8 Å². The second-order valence-electron chi connectivity index (χ2n) is 6.18. The summed E-state index contributed by atoms with van der Waals surface area (Å²) < 4.78 is 0. The summed E-state index contributed by atoms with van der Waals surface area (Å²) in [6.45, 7) is 6.68. The first kappa shape index (κ1) is 19.2. The third kappa shape index (κ3) is 6.82. The van der Waals surface area contributed by atoms with Gasteiger partial charge in [0.25, 0.3) is 0 Å². The number of carbonyl (C=O) groups excluding carboxylic acids is 2. The van der Waals surface area contributed by atoms with Gasteiger partial charge >= 0.3 is 11.8 Å². The van der Waals surface area contributed by atoms with Gasteiger partial charge in [-0.05, 0) is 42.7 Å². The van der Waals surface area contributed by atoms with Crippen molar-refractivity contribution >= 4 is 17.5 Å². The van der Waals surface area contributed by atoms with E-state index in [1.165, 1.54) is 0 Å². The summed E-state index contributed by atoms with van der Waals surface area (Å²) >= 11 is 0. The molecule has 0 aliphatic rings. The van der Waals surface area contributed by atoms with Gasteiger partial charge in [-0.1, -0.05) is 39.0 Å². The summed E-state index contributed by atoms with van der Waals surface area (Å²) in [5.74, 6) is -0.630. The van der Waals surface area contributed by atoms with Crippen LogP contribution in [0.25, 0.3) is 0 Å². The molecule has 5 nitrogen and oxygen atoms in total. The molecule has 1 aromatic rings. The van der Waals surface area contributed by atoms with Crippen molar-refractivity contribution in [2.45, 2.75) is 40.0 Å². The van der Waals surface area contributed by atoms with Gasteiger partial charge in [-0.2, -0.15) is 0 Å². The molecule has 3 N–H and O–H groups in total. The molecular formula is C18H28N2O3. The predicted molar refractivity (Wildman–Crippen MR) is 92.1 cm³/mol. The molecule has 1 unspecified atom stereocenters. The van der Waals surface area contributed by atoms with Gasteiger partial charge in [0, 0.05) is 18.8 Å². The highest BCUT2D eigenvalue weighted by Crippen LogP contribution is 2.16. The van der Waals surface area contributed by atoms with E-state index >= 15 is 0 Å². The molecule has 5 heteroatoms. The number of anilines is 1. The molecule has 1 aromatic carbocycles. The number of hydrogen-bond donors (Lipinski definition) is 3. The van der Waals surface area contributed by atoms with Crippen LogP contribution in [-0.4, -0.2) is 30.1 Å². The second kappa shape index (κ2) is 10.0. The molecule has 0 aliphatic heterocycles. The van der Waals surface area contributed by atoms with Crippen LogP contribution >= 0.6 is 0 Å². The van der Waals surface area contributed by atoms with Crippen molar-refractivity contribution < 1.29 is 14.7 Å². The van der Waals surface area contributed by atoms with Crippen molar-refractivity contribution in [3.63, 3.8) is 0 Å². The normalized spacial score (nSPS) is 12.0. The van der Waals surface area contributed by atoms with Crippen LogP contribution in [0.1, 0.15) is 39.2 Å². The van der Waals surface area contributed by atoms with Crippen LogP contribution < -0.4 is 10.6 Å². The van der Waals surface area contributed by atoms with E-state index in [2.05, 4.69) is 24.5 Å². The standard InChI is InChI=1S/C18H28N2O3/c1-4-15-7-5-6-8-16(15)20-18(23)17(22)19-12-14(9-10-21)11-13(2)3/h5-8,13-14,21H,4,9-12H2,1-3H3,(H,19,22)(H,20,23). The lowest BCUT2D eigenvalue weighted by molar-refractivity contribution is -0.136. The molecule has 0 radical (unpaired) electrons. The van der Waals surface area contributed by atoms with E-state index in [0.29, 0.717) is 24.6 Å². The van der Waals surface area contributed by atoms with Crippen molar-refractivity contribution in [1.82, 2.24) is 5.32 Å². The van der Waals surface area contributed by atoms with Crippen LogP contribution in [0.4, 0.5) is 5.69 Å². The van der Waals surface area contributed by atoms with Crippen molar-refractivity contribution in [1.29, 1.82) is 0 Å². The maximum Gasteiger partial charge on any atom is 0.313 e. The Labute approximate surface area is 138 Å². The molecule has 0 heterocycles.